The summed E-state index contributed by atoms with van der Waals surface area (Å²) >= 11 is 0. The largest absolute Gasteiger partial charge is 0.0939 e. The maximum atomic E-state index is 2.42. The summed E-state index contributed by atoms with van der Waals surface area (Å²) in [7, 11) is 4.32. The van der Waals surface area contributed by atoms with Crippen molar-refractivity contribution in [1.29, 1.82) is 0 Å². The van der Waals surface area contributed by atoms with E-state index in [-0.39, 0.29) is 0 Å². The van der Waals surface area contributed by atoms with Crippen molar-refractivity contribution in [3.63, 3.8) is 0 Å². The van der Waals surface area contributed by atoms with Crippen molar-refractivity contribution in [2.75, 3.05) is 5.75 Å². The van der Waals surface area contributed by atoms with Crippen LogP contribution in [0.5, 0.6) is 0 Å². The van der Waals surface area contributed by atoms with Crippen LogP contribution in [0.1, 0.15) is 71.6 Å². The highest BCUT2D eigenvalue weighted by Gasteiger charge is 2.18. The Morgan fingerprint density at radius 1 is 1.06 bits per heavy atom. The van der Waals surface area contributed by atoms with E-state index in [9.17, 15) is 0 Å². The predicted octanol–water partition coefficient (Wildman–Crippen LogP) is 5.92. The van der Waals surface area contributed by atoms with Crippen molar-refractivity contribution in [3.05, 3.63) is 0 Å². The van der Waals surface area contributed by atoms with Crippen LogP contribution in [0.25, 0.3) is 0 Å². The smallest absolute Gasteiger partial charge is 0.0154 e. The van der Waals surface area contributed by atoms with E-state index >= 15 is 0 Å². The first-order chi connectivity index (χ1) is 7.83. The molecule has 2 atom stereocenters. The van der Waals surface area contributed by atoms with E-state index in [1.54, 1.807) is 0 Å². The lowest BCUT2D eigenvalue weighted by Gasteiger charge is -2.25. The minimum atomic E-state index is 0.962. The fourth-order valence-corrected chi connectivity index (χ4v) is 5.40. The Kier molecular flexibility index (Phi) is 8.95. The molecule has 0 bridgehead atoms. The summed E-state index contributed by atoms with van der Waals surface area (Å²) in [6, 6.07) is 0. The van der Waals surface area contributed by atoms with E-state index < -0.39 is 0 Å². The standard InChI is InChI=1S/C14H28S2/c1-3-4-5-6-7-11-15-16-14-10-8-9-13(2)12-14/h13-14H,3-12H2,1-2H3. The molecule has 2 unspecified atom stereocenters. The number of unbranched alkanes of at least 4 members (excludes halogenated alkanes) is 4. The van der Waals surface area contributed by atoms with Crippen LogP contribution >= 0.6 is 21.6 Å². The van der Waals surface area contributed by atoms with Gasteiger partial charge in [-0.2, -0.15) is 0 Å². The number of rotatable bonds is 8. The summed E-state index contributed by atoms with van der Waals surface area (Å²) in [5.41, 5.74) is 0. The highest BCUT2D eigenvalue weighted by molar-refractivity contribution is 8.76. The van der Waals surface area contributed by atoms with E-state index in [1.807, 2.05) is 0 Å². The molecular formula is C14H28S2. The molecule has 0 radical (unpaired) electrons. The Balaban J connectivity index is 1.86. The second-order valence-electron chi connectivity index (χ2n) is 5.23. The lowest BCUT2D eigenvalue weighted by molar-refractivity contribution is 0.395. The normalized spacial score (nSPS) is 25.9. The van der Waals surface area contributed by atoms with Gasteiger partial charge in [-0.25, -0.2) is 0 Å². The summed E-state index contributed by atoms with van der Waals surface area (Å²) in [5.74, 6) is 2.36. The average molecular weight is 261 g/mol. The third-order valence-corrected chi connectivity index (χ3v) is 6.44. The summed E-state index contributed by atoms with van der Waals surface area (Å²) in [5, 5.41) is 0.962. The lowest BCUT2D eigenvalue weighted by Crippen LogP contribution is -2.14. The van der Waals surface area contributed by atoms with Crippen LogP contribution < -0.4 is 0 Å². The topological polar surface area (TPSA) is 0 Å². The van der Waals surface area contributed by atoms with Crippen molar-refractivity contribution in [3.8, 4) is 0 Å². The molecule has 1 fully saturated rings. The molecule has 96 valence electrons. The third-order valence-electron chi connectivity index (χ3n) is 3.42. The van der Waals surface area contributed by atoms with Crippen molar-refractivity contribution in [2.24, 2.45) is 5.92 Å². The fourth-order valence-electron chi connectivity index (χ4n) is 2.37. The molecule has 16 heavy (non-hydrogen) atoms. The highest BCUT2D eigenvalue weighted by Crippen LogP contribution is 2.38. The highest BCUT2D eigenvalue weighted by atomic mass is 33.1. The van der Waals surface area contributed by atoms with Gasteiger partial charge in [0, 0.05) is 11.0 Å². The maximum absolute atomic E-state index is 2.42. The van der Waals surface area contributed by atoms with Crippen molar-refractivity contribution in [2.45, 2.75) is 76.9 Å². The van der Waals surface area contributed by atoms with Crippen molar-refractivity contribution >= 4 is 21.6 Å². The fraction of sp³-hybridized carbons (Fsp3) is 1.00. The van der Waals surface area contributed by atoms with Gasteiger partial charge in [0.1, 0.15) is 0 Å². The first kappa shape index (κ1) is 14.8. The molecule has 0 amide bonds. The second kappa shape index (κ2) is 9.70. The minimum Gasteiger partial charge on any atom is -0.0939 e. The Bertz CT molecular complexity index is 159. The van der Waals surface area contributed by atoms with Gasteiger partial charge in [-0.1, -0.05) is 74.0 Å². The van der Waals surface area contributed by atoms with E-state index in [0.29, 0.717) is 0 Å². The van der Waals surface area contributed by atoms with Gasteiger partial charge < -0.3 is 0 Å². The molecule has 0 aromatic carbocycles. The van der Waals surface area contributed by atoms with Crippen LogP contribution in [-0.2, 0) is 0 Å². The van der Waals surface area contributed by atoms with Crippen LogP contribution in [0.3, 0.4) is 0 Å². The van der Waals surface area contributed by atoms with Gasteiger partial charge in [0.05, 0.1) is 0 Å². The second-order valence-corrected chi connectivity index (χ2v) is 8.01. The Hall–Kier alpha value is 0.700. The van der Waals surface area contributed by atoms with Crippen molar-refractivity contribution in [1.82, 2.24) is 0 Å². The molecular weight excluding hydrogens is 232 g/mol. The third kappa shape index (κ3) is 7.11. The van der Waals surface area contributed by atoms with Crippen LogP contribution in [-0.4, -0.2) is 11.0 Å². The molecule has 0 aliphatic heterocycles. The van der Waals surface area contributed by atoms with Crippen LogP contribution in [0, 0.1) is 5.92 Å². The van der Waals surface area contributed by atoms with Gasteiger partial charge in [-0.3, -0.25) is 0 Å². The summed E-state index contributed by atoms with van der Waals surface area (Å²) < 4.78 is 0. The van der Waals surface area contributed by atoms with Gasteiger partial charge >= 0.3 is 0 Å². The van der Waals surface area contributed by atoms with Gasteiger partial charge in [-0.05, 0) is 25.2 Å². The number of hydrogen-bond donors (Lipinski definition) is 0. The minimum absolute atomic E-state index is 0.962. The molecule has 1 aliphatic carbocycles. The van der Waals surface area contributed by atoms with E-state index in [1.165, 1.54) is 63.5 Å². The van der Waals surface area contributed by atoms with Crippen LogP contribution in [0.15, 0.2) is 0 Å². The van der Waals surface area contributed by atoms with E-state index in [0.717, 1.165) is 11.2 Å². The molecule has 0 aromatic rings. The summed E-state index contributed by atoms with van der Waals surface area (Å²) in [6.07, 6.45) is 13.0. The summed E-state index contributed by atoms with van der Waals surface area (Å²) in [6.45, 7) is 4.71. The quantitative estimate of drug-likeness (QED) is 0.392. The van der Waals surface area contributed by atoms with Gasteiger partial charge in [0.25, 0.3) is 0 Å². The molecule has 1 rings (SSSR count). The molecule has 0 aromatic heterocycles. The predicted molar refractivity (Wildman–Crippen MR) is 80.2 cm³/mol. The molecule has 2 heteroatoms. The molecule has 0 spiro atoms. The molecule has 0 saturated heterocycles. The Morgan fingerprint density at radius 2 is 1.88 bits per heavy atom. The van der Waals surface area contributed by atoms with Crippen LogP contribution in [0.4, 0.5) is 0 Å². The first-order valence-electron chi connectivity index (χ1n) is 7.11. The van der Waals surface area contributed by atoms with Gasteiger partial charge in [0.15, 0.2) is 0 Å². The SMILES string of the molecule is CCCCCCCSSC1CCCC(C)C1. The molecule has 0 heterocycles. The molecule has 1 saturated carbocycles. The number of hydrogen-bond acceptors (Lipinski definition) is 2. The molecule has 0 nitrogen and oxygen atoms in total. The Morgan fingerprint density at radius 3 is 2.62 bits per heavy atom. The summed E-state index contributed by atoms with van der Waals surface area (Å²) in [4.78, 5) is 0. The molecule has 1 aliphatic rings. The van der Waals surface area contributed by atoms with Gasteiger partial charge in [-0.15, -0.1) is 0 Å². The Labute approximate surface area is 110 Å². The van der Waals surface area contributed by atoms with Gasteiger partial charge in [0.2, 0.25) is 0 Å². The van der Waals surface area contributed by atoms with Crippen molar-refractivity contribution < 1.29 is 0 Å². The molecule has 0 N–H and O–H groups in total. The van der Waals surface area contributed by atoms with E-state index in [4.69, 9.17) is 0 Å². The van der Waals surface area contributed by atoms with Crippen LogP contribution in [0.2, 0.25) is 0 Å². The first-order valence-corrected chi connectivity index (χ1v) is 9.49. The maximum Gasteiger partial charge on any atom is 0.0154 e. The average Bonchev–Trinajstić information content (AvgIpc) is 2.28. The lowest BCUT2D eigenvalue weighted by atomic mass is 9.91. The zero-order chi connectivity index (χ0) is 11.6. The van der Waals surface area contributed by atoms with E-state index in [2.05, 4.69) is 35.4 Å². The monoisotopic (exact) mass is 260 g/mol. The zero-order valence-corrected chi connectivity index (χ0v) is 12.7. The zero-order valence-electron chi connectivity index (χ0n) is 11.0.